The third-order valence-electron chi connectivity index (χ3n) is 3.39. The molecule has 2 N–H and O–H groups in total. The molecular formula is C13H16N2O4. The van der Waals surface area contributed by atoms with E-state index < -0.39 is 16.9 Å². The van der Waals surface area contributed by atoms with Crippen LogP contribution in [0, 0.1) is 16.0 Å². The third-order valence-corrected chi connectivity index (χ3v) is 3.39. The highest BCUT2D eigenvalue weighted by Gasteiger charge is 2.37. The standard InChI is InChI=1S/C13H16N2O4/c1-8(14-12(13(16)17)9-6-7-9)10-4-2-3-5-11(10)15(18)19/h2-5,8-9,12,14H,6-7H2,1H3,(H,16,17). The predicted octanol–water partition coefficient (Wildman–Crippen LogP) is 2.11. The van der Waals surface area contributed by atoms with Gasteiger partial charge in [-0.05, 0) is 25.7 Å². The molecule has 0 heterocycles. The Hall–Kier alpha value is -1.95. The summed E-state index contributed by atoms with van der Waals surface area (Å²) >= 11 is 0. The van der Waals surface area contributed by atoms with Gasteiger partial charge in [-0.25, -0.2) is 0 Å². The number of benzene rings is 1. The predicted molar refractivity (Wildman–Crippen MR) is 68.8 cm³/mol. The Morgan fingerprint density at radius 1 is 1.47 bits per heavy atom. The van der Waals surface area contributed by atoms with Crippen molar-refractivity contribution in [2.45, 2.75) is 31.8 Å². The van der Waals surface area contributed by atoms with E-state index in [-0.39, 0.29) is 17.6 Å². The highest BCUT2D eigenvalue weighted by molar-refractivity contribution is 5.74. The monoisotopic (exact) mass is 264 g/mol. The fourth-order valence-corrected chi connectivity index (χ4v) is 2.22. The first-order chi connectivity index (χ1) is 9.00. The quantitative estimate of drug-likeness (QED) is 0.606. The van der Waals surface area contributed by atoms with Gasteiger partial charge in [-0.3, -0.25) is 20.2 Å². The Morgan fingerprint density at radius 3 is 2.63 bits per heavy atom. The number of hydrogen-bond acceptors (Lipinski definition) is 4. The molecule has 6 nitrogen and oxygen atoms in total. The lowest BCUT2D eigenvalue weighted by Crippen LogP contribution is -2.40. The number of carboxylic acid groups (broad SMARTS) is 1. The van der Waals surface area contributed by atoms with Gasteiger partial charge in [0.15, 0.2) is 0 Å². The first-order valence-corrected chi connectivity index (χ1v) is 6.23. The van der Waals surface area contributed by atoms with E-state index in [1.807, 2.05) is 0 Å². The van der Waals surface area contributed by atoms with Crippen LogP contribution in [-0.4, -0.2) is 22.0 Å². The average Bonchev–Trinajstić information content (AvgIpc) is 3.19. The van der Waals surface area contributed by atoms with Crippen molar-refractivity contribution in [1.29, 1.82) is 0 Å². The Bertz CT molecular complexity index is 499. The van der Waals surface area contributed by atoms with Crippen molar-refractivity contribution in [3.05, 3.63) is 39.9 Å². The number of carboxylic acids is 1. The van der Waals surface area contributed by atoms with Gasteiger partial charge in [0.05, 0.1) is 4.92 Å². The molecule has 1 fully saturated rings. The largest absolute Gasteiger partial charge is 0.480 e. The summed E-state index contributed by atoms with van der Waals surface area (Å²) in [6.45, 7) is 1.75. The Balaban J connectivity index is 2.17. The van der Waals surface area contributed by atoms with E-state index in [1.165, 1.54) is 6.07 Å². The molecule has 2 rings (SSSR count). The molecule has 0 amide bonds. The Morgan fingerprint density at radius 2 is 2.11 bits per heavy atom. The second-order valence-electron chi connectivity index (χ2n) is 4.86. The first-order valence-electron chi connectivity index (χ1n) is 6.23. The highest BCUT2D eigenvalue weighted by Crippen LogP contribution is 2.34. The van der Waals surface area contributed by atoms with Crippen molar-refractivity contribution in [2.75, 3.05) is 0 Å². The molecule has 19 heavy (non-hydrogen) atoms. The Labute approximate surface area is 110 Å². The van der Waals surface area contributed by atoms with E-state index in [1.54, 1.807) is 25.1 Å². The topological polar surface area (TPSA) is 92.5 Å². The van der Waals surface area contributed by atoms with Crippen LogP contribution in [0.3, 0.4) is 0 Å². The van der Waals surface area contributed by atoms with E-state index in [0.717, 1.165) is 12.8 Å². The number of carbonyl (C=O) groups is 1. The molecule has 0 aromatic heterocycles. The molecule has 0 saturated heterocycles. The maximum Gasteiger partial charge on any atom is 0.320 e. The number of para-hydroxylation sites is 1. The lowest BCUT2D eigenvalue weighted by atomic mass is 10.0. The second kappa shape index (κ2) is 5.36. The number of nitro benzene ring substituents is 1. The van der Waals surface area contributed by atoms with Crippen molar-refractivity contribution in [1.82, 2.24) is 5.32 Å². The Kier molecular flexibility index (Phi) is 3.80. The fourth-order valence-electron chi connectivity index (χ4n) is 2.22. The number of nitro groups is 1. The molecule has 0 bridgehead atoms. The summed E-state index contributed by atoms with van der Waals surface area (Å²) in [5, 5.41) is 23.1. The van der Waals surface area contributed by atoms with E-state index in [0.29, 0.717) is 5.56 Å². The molecule has 102 valence electrons. The van der Waals surface area contributed by atoms with Crippen molar-refractivity contribution in [3.63, 3.8) is 0 Å². The zero-order valence-electron chi connectivity index (χ0n) is 10.6. The number of nitrogens with one attached hydrogen (secondary N) is 1. The number of rotatable bonds is 6. The summed E-state index contributed by atoms with van der Waals surface area (Å²) in [6.07, 6.45) is 1.79. The third kappa shape index (κ3) is 3.08. The fraction of sp³-hybridized carbons (Fsp3) is 0.462. The van der Waals surface area contributed by atoms with Crippen LogP contribution >= 0.6 is 0 Å². The van der Waals surface area contributed by atoms with Gasteiger partial charge in [-0.15, -0.1) is 0 Å². The van der Waals surface area contributed by atoms with Gasteiger partial charge in [0.2, 0.25) is 0 Å². The van der Waals surface area contributed by atoms with E-state index in [4.69, 9.17) is 5.11 Å². The van der Waals surface area contributed by atoms with E-state index in [2.05, 4.69) is 5.32 Å². The van der Waals surface area contributed by atoms with Crippen molar-refractivity contribution in [3.8, 4) is 0 Å². The number of nitrogens with zero attached hydrogens (tertiary/aromatic N) is 1. The summed E-state index contributed by atoms with van der Waals surface area (Å²) in [7, 11) is 0. The average molecular weight is 264 g/mol. The van der Waals surface area contributed by atoms with Crippen LogP contribution in [0.2, 0.25) is 0 Å². The first kappa shape index (κ1) is 13.5. The molecule has 1 aromatic carbocycles. The summed E-state index contributed by atoms with van der Waals surface area (Å²) < 4.78 is 0. The zero-order chi connectivity index (χ0) is 14.0. The van der Waals surface area contributed by atoms with Gasteiger partial charge < -0.3 is 5.11 Å². The molecule has 1 aromatic rings. The highest BCUT2D eigenvalue weighted by atomic mass is 16.6. The van der Waals surface area contributed by atoms with Crippen LogP contribution < -0.4 is 5.32 Å². The smallest absolute Gasteiger partial charge is 0.320 e. The van der Waals surface area contributed by atoms with Crippen molar-refractivity contribution in [2.24, 2.45) is 5.92 Å². The summed E-state index contributed by atoms with van der Waals surface area (Å²) in [6, 6.07) is 5.40. The zero-order valence-corrected chi connectivity index (χ0v) is 10.6. The van der Waals surface area contributed by atoms with Crippen LogP contribution in [0.1, 0.15) is 31.4 Å². The lowest BCUT2D eigenvalue weighted by Gasteiger charge is -2.20. The molecular weight excluding hydrogens is 248 g/mol. The molecule has 0 radical (unpaired) electrons. The normalized spacial score (nSPS) is 17.7. The van der Waals surface area contributed by atoms with Gasteiger partial charge in [0.1, 0.15) is 6.04 Å². The maximum atomic E-state index is 11.2. The minimum absolute atomic E-state index is 0.0161. The summed E-state index contributed by atoms with van der Waals surface area (Å²) in [5.41, 5.74) is 0.529. The molecule has 2 atom stereocenters. The molecule has 1 aliphatic carbocycles. The van der Waals surface area contributed by atoms with Crippen molar-refractivity contribution >= 4 is 11.7 Å². The van der Waals surface area contributed by atoms with Gasteiger partial charge in [-0.2, -0.15) is 0 Å². The maximum absolute atomic E-state index is 11.2. The molecule has 1 aliphatic rings. The number of hydrogen-bond donors (Lipinski definition) is 2. The van der Waals surface area contributed by atoms with Crippen LogP contribution in [0.5, 0.6) is 0 Å². The summed E-state index contributed by atoms with van der Waals surface area (Å²) in [5.74, 6) is -0.754. The van der Waals surface area contributed by atoms with E-state index >= 15 is 0 Å². The van der Waals surface area contributed by atoms with Crippen LogP contribution in [-0.2, 0) is 4.79 Å². The summed E-state index contributed by atoms with van der Waals surface area (Å²) in [4.78, 5) is 21.7. The molecule has 6 heteroatoms. The lowest BCUT2D eigenvalue weighted by molar-refractivity contribution is -0.385. The number of aliphatic carboxylic acids is 1. The van der Waals surface area contributed by atoms with Crippen molar-refractivity contribution < 1.29 is 14.8 Å². The molecule has 0 spiro atoms. The molecule has 0 aliphatic heterocycles. The van der Waals surface area contributed by atoms with Gasteiger partial charge in [-0.1, -0.05) is 18.2 Å². The van der Waals surface area contributed by atoms with Crippen LogP contribution in [0.15, 0.2) is 24.3 Å². The van der Waals surface area contributed by atoms with Gasteiger partial charge >= 0.3 is 5.97 Å². The molecule has 1 saturated carbocycles. The van der Waals surface area contributed by atoms with Gasteiger partial charge in [0, 0.05) is 17.7 Å². The van der Waals surface area contributed by atoms with Crippen LogP contribution in [0.4, 0.5) is 5.69 Å². The van der Waals surface area contributed by atoms with Gasteiger partial charge in [0.25, 0.3) is 5.69 Å². The van der Waals surface area contributed by atoms with E-state index in [9.17, 15) is 14.9 Å². The minimum atomic E-state index is -0.895. The minimum Gasteiger partial charge on any atom is -0.480 e. The van der Waals surface area contributed by atoms with Crippen LogP contribution in [0.25, 0.3) is 0 Å². The SMILES string of the molecule is CC(NC(C(=O)O)C1CC1)c1ccccc1[N+](=O)[O-]. The molecule has 2 unspecified atom stereocenters. The second-order valence-corrected chi connectivity index (χ2v) is 4.86.